The minimum atomic E-state index is 0. The lowest BCUT2D eigenvalue weighted by molar-refractivity contribution is -0.122. The summed E-state index contributed by atoms with van der Waals surface area (Å²) < 4.78 is 5.79. The number of rotatable bonds is 3. The van der Waals surface area contributed by atoms with Crippen LogP contribution in [0.25, 0.3) is 11.1 Å². The highest BCUT2D eigenvalue weighted by Crippen LogP contribution is 2.42. The van der Waals surface area contributed by atoms with Gasteiger partial charge in [-0.1, -0.05) is 6.42 Å². The molecule has 1 aromatic carbocycles. The number of hydrogen-bond acceptors (Lipinski definition) is 4. The molecule has 3 aliphatic rings. The zero-order valence-electron chi connectivity index (χ0n) is 14.8. The van der Waals surface area contributed by atoms with Crippen LogP contribution in [0.1, 0.15) is 56.8 Å². The zero-order chi connectivity index (χ0) is 17.0. The Morgan fingerprint density at radius 3 is 2.58 bits per heavy atom. The van der Waals surface area contributed by atoms with Crippen LogP contribution >= 0.6 is 12.4 Å². The fraction of sp³-hybridized carbons (Fsp3) is 0.600. The molecule has 1 aromatic heterocycles. The van der Waals surface area contributed by atoms with E-state index in [4.69, 9.17) is 10.2 Å². The average molecular weight is 376 g/mol. The molecule has 3 aliphatic carbocycles. The topological polar surface area (TPSA) is 81.2 Å². The van der Waals surface area contributed by atoms with E-state index < -0.39 is 0 Å². The van der Waals surface area contributed by atoms with Crippen LogP contribution in [0.4, 0.5) is 5.69 Å². The Hall–Kier alpha value is -1.59. The van der Waals surface area contributed by atoms with Crippen molar-refractivity contribution in [2.75, 3.05) is 5.32 Å². The summed E-state index contributed by atoms with van der Waals surface area (Å²) in [6.07, 6.45) is 7.82. The van der Waals surface area contributed by atoms with Gasteiger partial charge in [0.2, 0.25) is 5.91 Å². The molecular formula is C20H26ClN3O2. The number of aromatic nitrogens is 1. The zero-order valence-corrected chi connectivity index (χ0v) is 15.6. The van der Waals surface area contributed by atoms with E-state index in [0.717, 1.165) is 35.5 Å². The molecule has 1 amide bonds. The predicted molar refractivity (Wildman–Crippen MR) is 103 cm³/mol. The molecule has 140 valence electrons. The normalized spacial score (nSPS) is 30.7. The van der Waals surface area contributed by atoms with Crippen molar-refractivity contribution in [1.29, 1.82) is 0 Å². The summed E-state index contributed by atoms with van der Waals surface area (Å²) in [5.41, 5.74) is 8.80. The molecule has 2 aromatic rings. The van der Waals surface area contributed by atoms with Gasteiger partial charge in [-0.2, -0.15) is 0 Å². The Kier molecular flexibility index (Phi) is 4.70. The van der Waals surface area contributed by atoms with Gasteiger partial charge in [-0.15, -0.1) is 12.4 Å². The van der Waals surface area contributed by atoms with Crippen LogP contribution in [-0.2, 0) is 4.79 Å². The van der Waals surface area contributed by atoms with E-state index in [2.05, 4.69) is 10.3 Å². The lowest BCUT2D eigenvalue weighted by atomic mass is 9.65. The number of nitrogens with zero attached hydrogens (tertiary/aromatic N) is 1. The van der Waals surface area contributed by atoms with Crippen LogP contribution < -0.4 is 11.1 Å². The summed E-state index contributed by atoms with van der Waals surface area (Å²) in [6.45, 7) is 0. The molecule has 0 radical (unpaired) electrons. The van der Waals surface area contributed by atoms with Gasteiger partial charge in [0, 0.05) is 23.6 Å². The first kappa shape index (κ1) is 17.8. The fourth-order valence-corrected chi connectivity index (χ4v) is 4.78. The van der Waals surface area contributed by atoms with E-state index in [-0.39, 0.29) is 24.2 Å². The molecule has 1 heterocycles. The lowest BCUT2D eigenvalue weighted by Crippen LogP contribution is -2.48. The van der Waals surface area contributed by atoms with E-state index in [0.29, 0.717) is 23.8 Å². The number of carbonyl (C=O) groups is 1. The van der Waals surface area contributed by atoms with Gasteiger partial charge in [0.05, 0.1) is 0 Å². The minimum absolute atomic E-state index is 0. The van der Waals surface area contributed by atoms with Crippen molar-refractivity contribution >= 4 is 35.1 Å². The second kappa shape index (κ2) is 6.86. The molecule has 2 unspecified atom stereocenters. The van der Waals surface area contributed by atoms with Crippen LogP contribution in [0.5, 0.6) is 0 Å². The largest absolute Gasteiger partial charge is 0.440 e. The minimum Gasteiger partial charge on any atom is -0.440 e. The van der Waals surface area contributed by atoms with Crippen molar-refractivity contribution in [3.63, 3.8) is 0 Å². The predicted octanol–water partition coefficient (Wildman–Crippen LogP) is 4.22. The number of benzene rings is 1. The van der Waals surface area contributed by atoms with Crippen LogP contribution in [0.3, 0.4) is 0 Å². The molecule has 5 rings (SSSR count). The van der Waals surface area contributed by atoms with Crippen LogP contribution in [0.2, 0.25) is 0 Å². The van der Waals surface area contributed by atoms with Crippen molar-refractivity contribution in [3.05, 3.63) is 24.1 Å². The third kappa shape index (κ3) is 3.23. The van der Waals surface area contributed by atoms with E-state index in [1.165, 1.54) is 32.1 Å². The molecule has 2 atom stereocenters. The smallest absolute Gasteiger partial charge is 0.227 e. The summed E-state index contributed by atoms with van der Waals surface area (Å²) in [5, 5.41) is 3.10. The third-order valence-corrected chi connectivity index (χ3v) is 6.38. The van der Waals surface area contributed by atoms with Gasteiger partial charge in [-0.25, -0.2) is 4.98 Å². The molecule has 26 heavy (non-hydrogen) atoms. The Morgan fingerprint density at radius 1 is 1.15 bits per heavy atom. The number of nitrogens with one attached hydrogen (secondary N) is 1. The highest BCUT2D eigenvalue weighted by atomic mass is 35.5. The fourth-order valence-electron chi connectivity index (χ4n) is 4.78. The summed E-state index contributed by atoms with van der Waals surface area (Å²) in [6, 6.07) is 6.05. The van der Waals surface area contributed by atoms with Crippen LogP contribution in [-0.4, -0.2) is 16.9 Å². The number of halogens is 1. The summed E-state index contributed by atoms with van der Waals surface area (Å²) in [7, 11) is 0. The Bertz CT molecular complexity index is 802. The maximum absolute atomic E-state index is 12.8. The standard InChI is InChI=1S/C20H25N3O2.ClH/c21-18-12-2-1-3-13(18)9-14(8-12)19(24)22-15-6-7-17-16(10-15)23-20(25-17)11-4-5-11;/h6-7,10-14,18H,1-5,8-9,21H2,(H,22,24);1H. The van der Waals surface area contributed by atoms with Crippen molar-refractivity contribution < 1.29 is 9.21 Å². The van der Waals surface area contributed by atoms with E-state index >= 15 is 0 Å². The quantitative estimate of drug-likeness (QED) is 0.841. The van der Waals surface area contributed by atoms with Crippen molar-refractivity contribution in [2.24, 2.45) is 23.5 Å². The number of anilines is 1. The number of nitrogens with two attached hydrogens (primary N) is 1. The number of fused-ring (bicyclic) bond motifs is 3. The molecule has 2 bridgehead atoms. The number of carbonyl (C=O) groups excluding carboxylic acids is 1. The Labute approximate surface area is 159 Å². The maximum Gasteiger partial charge on any atom is 0.227 e. The summed E-state index contributed by atoms with van der Waals surface area (Å²) >= 11 is 0. The van der Waals surface area contributed by atoms with Crippen LogP contribution in [0, 0.1) is 17.8 Å². The monoisotopic (exact) mass is 375 g/mol. The number of hydrogen-bond donors (Lipinski definition) is 2. The third-order valence-electron chi connectivity index (χ3n) is 6.38. The van der Waals surface area contributed by atoms with Crippen molar-refractivity contribution in [1.82, 2.24) is 4.98 Å². The molecule has 0 saturated heterocycles. The Morgan fingerprint density at radius 2 is 1.88 bits per heavy atom. The molecule has 3 saturated carbocycles. The second-order valence-corrected chi connectivity index (χ2v) is 8.19. The lowest BCUT2D eigenvalue weighted by Gasteiger charge is -2.43. The molecule has 0 aliphatic heterocycles. The van der Waals surface area contributed by atoms with E-state index in [9.17, 15) is 4.79 Å². The first-order chi connectivity index (χ1) is 12.2. The summed E-state index contributed by atoms with van der Waals surface area (Å²) in [4.78, 5) is 17.3. The number of oxazole rings is 1. The number of amides is 1. The van der Waals surface area contributed by atoms with Gasteiger partial charge in [0.1, 0.15) is 5.52 Å². The molecule has 3 fully saturated rings. The second-order valence-electron chi connectivity index (χ2n) is 8.19. The van der Waals surface area contributed by atoms with Gasteiger partial charge >= 0.3 is 0 Å². The molecule has 0 spiro atoms. The Balaban J connectivity index is 0.00000168. The average Bonchev–Trinajstić information content (AvgIpc) is 3.34. The SMILES string of the molecule is Cl.NC1C2CCCC1CC(C(=O)Nc1ccc3oc(C4CC4)nc3c1)C2. The van der Waals surface area contributed by atoms with Gasteiger partial charge in [-0.3, -0.25) is 4.79 Å². The maximum atomic E-state index is 12.8. The van der Waals surface area contributed by atoms with E-state index in [1.807, 2.05) is 18.2 Å². The summed E-state index contributed by atoms with van der Waals surface area (Å²) in [5.74, 6) is 2.59. The first-order valence-electron chi connectivity index (χ1n) is 9.64. The van der Waals surface area contributed by atoms with Gasteiger partial charge < -0.3 is 15.5 Å². The van der Waals surface area contributed by atoms with Crippen LogP contribution in [0.15, 0.2) is 22.6 Å². The highest BCUT2D eigenvalue weighted by molar-refractivity contribution is 5.94. The molecular weight excluding hydrogens is 350 g/mol. The van der Waals surface area contributed by atoms with E-state index in [1.54, 1.807) is 0 Å². The van der Waals surface area contributed by atoms with Crippen molar-refractivity contribution in [3.8, 4) is 0 Å². The molecule has 3 N–H and O–H groups in total. The van der Waals surface area contributed by atoms with Gasteiger partial charge in [-0.05, 0) is 68.6 Å². The highest BCUT2D eigenvalue weighted by Gasteiger charge is 2.40. The molecule has 6 heteroatoms. The first-order valence-corrected chi connectivity index (χ1v) is 9.64. The van der Waals surface area contributed by atoms with Crippen molar-refractivity contribution in [2.45, 2.75) is 56.9 Å². The van der Waals surface area contributed by atoms with Gasteiger partial charge in [0.25, 0.3) is 0 Å². The molecule has 5 nitrogen and oxygen atoms in total. The van der Waals surface area contributed by atoms with Gasteiger partial charge in [0.15, 0.2) is 11.5 Å².